The molecule has 2 rings (SSSR count). The maximum atomic E-state index is 11.6. The van der Waals surface area contributed by atoms with E-state index in [1.807, 2.05) is 4.90 Å². The van der Waals surface area contributed by atoms with E-state index in [4.69, 9.17) is 0 Å². The third kappa shape index (κ3) is 3.47. The Balaban J connectivity index is 1.76. The monoisotopic (exact) mass is 252 g/mol. The molecule has 0 aromatic rings. The van der Waals surface area contributed by atoms with Crippen LogP contribution in [0.3, 0.4) is 0 Å². The Morgan fingerprint density at radius 3 is 2.78 bits per heavy atom. The zero-order chi connectivity index (χ0) is 13.1. The fourth-order valence-corrected chi connectivity index (χ4v) is 3.56. The Morgan fingerprint density at radius 1 is 1.39 bits per heavy atom. The van der Waals surface area contributed by atoms with Crippen LogP contribution in [0.25, 0.3) is 0 Å². The molecule has 18 heavy (non-hydrogen) atoms. The van der Waals surface area contributed by atoms with Crippen molar-refractivity contribution in [3.05, 3.63) is 0 Å². The van der Waals surface area contributed by atoms with E-state index in [0.29, 0.717) is 18.0 Å². The van der Waals surface area contributed by atoms with E-state index in [1.165, 1.54) is 19.3 Å². The number of carbonyl (C=O) groups excluding carboxylic acids is 1. The molecule has 0 spiro atoms. The highest BCUT2D eigenvalue weighted by molar-refractivity contribution is 5.78. The molecule has 4 atom stereocenters. The third-order valence-electron chi connectivity index (χ3n) is 4.60. The van der Waals surface area contributed by atoms with Gasteiger partial charge in [-0.1, -0.05) is 13.8 Å². The van der Waals surface area contributed by atoms with Crippen molar-refractivity contribution in [1.82, 2.24) is 10.2 Å². The highest BCUT2D eigenvalue weighted by atomic mass is 16.2. The Kier molecular flexibility index (Phi) is 4.66. The van der Waals surface area contributed by atoms with Gasteiger partial charge in [0, 0.05) is 31.6 Å². The number of carbonyl (C=O) groups is 1. The number of hydrogen-bond acceptors (Lipinski definition) is 2. The van der Waals surface area contributed by atoms with Gasteiger partial charge in [-0.3, -0.25) is 4.79 Å². The molecule has 0 aromatic heterocycles. The van der Waals surface area contributed by atoms with Crippen molar-refractivity contribution in [2.45, 2.75) is 65.0 Å². The predicted molar refractivity (Wildman–Crippen MR) is 74.4 cm³/mol. The van der Waals surface area contributed by atoms with Crippen LogP contribution < -0.4 is 5.32 Å². The van der Waals surface area contributed by atoms with Gasteiger partial charge in [0.25, 0.3) is 0 Å². The SMILES string of the molecule is CC1CCC(NC(C)CN2CCCC2=O)C(C)C1. The van der Waals surface area contributed by atoms with Gasteiger partial charge in [-0.2, -0.15) is 0 Å². The van der Waals surface area contributed by atoms with Crippen molar-refractivity contribution in [3.8, 4) is 0 Å². The normalized spacial score (nSPS) is 34.9. The largest absolute Gasteiger partial charge is 0.341 e. The van der Waals surface area contributed by atoms with Crippen molar-refractivity contribution >= 4 is 5.91 Å². The minimum atomic E-state index is 0.342. The lowest BCUT2D eigenvalue weighted by Gasteiger charge is -2.36. The molecule has 104 valence electrons. The Bertz CT molecular complexity index is 292. The highest BCUT2D eigenvalue weighted by Gasteiger charge is 2.27. The molecule has 1 heterocycles. The second kappa shape index (κ2) is 6.05. The molecule has 1 N–H and O–H groups in total. The number of rotatable bonds is 4. The maximum absolute atomic E-state index is 11.6. The standard InChI is InChI=1S/C15H28N2O/c1-11-6-7-14(12(2)9-11)16-13(3)10-17-8-4-5-15(17)18/h11-14,16H,4-10H2,1-3H3. The molecule has 0 bridgehead atoms. The quantitative estimate of drug-likeness (QED) is 0.833. The molecular weight excluding hydrogens is 224 g/mol. The highest BCUT2D eigenvalue weighted by Crippen LogP contribution is 2.28. The smallest absolute Gasteiger partial charge is 0.222 e. The molecule has 0 radical (unpaired) electrons. The van der Waals surface area contributed by atoms with E-state index in [-0.39, 0.29) is 0 Å². The molecule has 3 heteroatoms. The predicted octanol–water partition coefficient (Wildman–Crippen LogP) is 2.41. The van der Waals surface area contributed by atoms with Gasteiger partial charge in [0.2, 0.25) is 5.91 Å². The summed E-state index contributed by atoms with van der Waals surface area (Å²) in [5, 5.41) is 3.74. The summed E-state index contributed by atoms with van der Waals surface area (Å²) in [5.74, 6) is 1.99. The molecule has 0 aromatic carbocycles. The Morgan fingerprint density at radius 2 is 2.17 bits per heavy atom. The second-order valence-corrected chi connectivity index (χ2v) is 6.51. The fourth-order valence-electron chi connectivity index (χ4n) is 3.56. The van der Waals surface area contributed by atoms with Crippen LogP contribution in [-0.4, -0.2) is 36.0 Å². The van der Waals surface area contributed by atoms with Crippen molar-refractivity contribution in [2.24, 2.45) is 11.8 Å². The van der Waals surface area contributed by atoms with Crippen LogP contribution in [0, 0.1) is 11.8 Å². The van der Waals surface area contributed by atoms with Crippen molar-refractivity contribution in [3.63, 3.8) is 0 Å². The van der Waals surface area contributed by atoms with Gasteiger partial charge in [-0.25, -0.2) is 0 Å². The van der Waals surface area contributed by atoms with Crippen molar-refractivity contribution < 1.29 is 4.79 Å². The van der Waals surface area contributed by atoms with E-state index >= 15 is 0 Å². The molecule has 2 aliphatic rings. The number of likely N-dealkylation sites (tertiary alicyclic amines) is 1. The van der Waals surface area contributed by atoms with Gasteiger partial charge in [-0.15, -0.1) is 0 Å². The molecule has 1 amide bonds. The van der Waals surface area contributed by atoms with Gasteiger partial charge >= 0.3 is 0 Å². The lowest BCUT2D eigenvalue weighted by Crippen LogP contribution is -2.48. The molecular formula is C15H28N2O. The first kappa shape index (κ1) is 13.9. The van der Waals surface area contributed by atoms with Crippen LogP contribution in [-0.2, 0) is 4.79 Å². The summed E-state index contributed by atoms with van der Waals surface area (Å²) >= 11 is 0. The van der Waals surface area contributed by atoms with E-state index in [0.717, 1.165) is 37.8 Å². The minimum absolute atomic E-state index is 0.342. The molecule has 1 aliphatic carbocycles. The Hall–Kier alpha value is -0.570. The number of hydrogen-bond donors (Lipinski definition) is 1. The Labute approximate surface area is 111 Å². The summed E-state index contributed by atoms with van der Waals surface area (Å²) in [6.45, 7) is 8.79. The lowest BCUT2D eigenvalue weighted by atomic mass is 9.79. The van der Waals surface area contributed by atoms with E-state index in [1.54, 1.807) is 0 Å². The van der Waals surface area contributed by atoms with Crippen LogP contribution in [0.15, 0.2) is 0 Å². The molecule has 4 unspecified atom stereocenters. The molecule has 1 aliphatic heterocycles. The van der Waals surface area contributed by atoms with Gasteiger partial charge in [0.05, 0.1) is 0 Å². The number of nitrogens with zero attached hydrogens (tertiary/aromatic N) is 1. The van der Waals surface area contributed by atoms with Gasteiger partial charge in [-0.05, 0) is 44.4 Å². The van der Waals surface area contributed by atoms with Gasteiger partial charge < -0.3 is 10.2 Å². The topological polar surface area (TPSA) is 32.3 Å². The summed E-state index contributed by atoms with van der Waals surface area (Å²) in [6, 6.07) is 1.07. The first-order valence-corrected chi connectivity index (χ1v) is 7.60. The minimum Gasteiger partial charge on any atom is -0.341 e. The van der Waals surface area contributed by atoms with Crippen LogP contribution >= 0.6 is 0 Å². The fraction of sp³-hybridized carbons (Fsp3) is 0.933. The molecule has 3 nitrogen and oxygen atoms in total. The van der Waals surface area contributed by atoms with Crippen LogP contribution in [0.5, 0.6) is 0 Å². The first-order chi connectivity index (χ1) is 8.56. The van der Waals surface area contributed by atoms with Gasteiger partial charge in [0.1, 0.15) is 0 Å². The summed E-state index contributed by atoms with van der Waals surface area (Å²) in [4.78, 5) is 13.6. The van der Waals surface area contributed by atoms with Crippen LogP contribution in [0.1, 0.15) is 52.9 Å². The summed E-state index contributed by atoms with van der Waals surface area (Å²) in [6.07, 6.45) is 5.78. The van der Waals surface area contributed by atoms with E-state index < -0.39 is 0 Å². The lowest BCUT2D eigenvalue weighted by molar-refractivity contribution is -0.128. The number of nitrogens with one attached hydrogen (secondary N) is 1. The van der Waals surface area contributed by atoms with Gasteiger partial charge in [0.15, 0.2) is 0 Å². The van der Waals surface area contributed by atoms with E-state index in [9.17, 15) is 4.79 Å². The van der Waals surface area contributed by atoms with Crippen LogP contribution in [0.4, 0.5) is 0 Å². The zero-order valence-electron chi connectivity index (χ0n) is 12.1. The zero-order valence-corrected chi connectivity index (χ0v) is 12.1. The number of amides is 1. The average molecular weight is 252 g/mol. The average Bonchev–Trinajstić information content (AvgIpc) is 2.69. The van der Waals surface area contributed by atoms with Crippen molar-refractivity contribution in [1.29, 1.82) is 0 Å². The molecule has 1 saturated carbocycles. The first-order valence-electron chi connectivity index (χ1n) is 7.60. The third-order valence-corrected chi connectivity index (χ3v) is 4.60. The van der Waals surface area contributed by atoms with E-state index in [2.05, 4.69) is 26.1 Å². The van der Waals surface area contributed by atoms with Crippen molar-refractivity contribution in [2.75, 3.05) is 13.1 Å². The summed E-state index contributed by atoms with van der Waals surface area (Å²) in [5.41, 5.74) is 0. The maximum Gasteiger partial charge on any atom is 0.222 e. The summed E-state index contributed by atoms with van der Waals surface area (Å²) < 4.78 is 0. The second-order valence-electron chi connectivity index (χ2n) is 6.51. The van der Waals surface area contributed by atoms with Crippen LogP contribution in [0.2, 0.25) is 0 Å². The molecule has 2 fully saturated rings. The molecule has 1 saturated heterocycles. The summed E-state index contributed by atoms with van der Waals surface area (Å²) in [7, 11) is 0.